The molecular formula is C18H20N4O3S2. The van der Waals surface area contributed by atoms with E-state index in [9.17, 15) is 8.42 Å². The summed E-state index contributed by atoms with van der Waals surface area (Å²) in [6.45, 7) is 2.56. The van der Waals surface area contributed by atoms with E-state index < -0.39 is 10.0 Å². The van der Waals surface area contributed by atoms with Crippen LogP contribution in [0, 0.1) is 0 Å². The lowest BCUT2D eigenvalue weighted by atomic mass is 10.1. The smallest absolute Gasteiger partial charge is 0.238 e. The molecule has 0 fully saturated rings. The molecule has 7 nitrogen and oxygen atoms in total. The summed E-state index contributed by atoms with van der Waals surface area (Å²) in [4.78, 5) is 4.54. The molecule has 0 aliphatic heterocycles. The molecule has 142 valence electrons. The second-order valence-electron chi connectivity index (χ2n) is 5.73. The van der Waals surface area contributed by atoms with Gasteiger partial charge in [0, 0.05) is 11.3 Å². The largest absolute Gasteiger partial charge is 0.493 e. The van der Waals surface area contributed by atoms with Crippen LogP contribution in [0.2, 0.25) is 0 Å². The third kappa shape index (κ3) is 5.31. The van der Waals surface area contributed by atoms with Crippen molar-refractivity contribution >= 4 is 21.8 Å². The predicted octanol–water partition coefficient (Wildman–Crippen LogP) is 2.85. The molecule has 9 heteroatoms. The average Bonchev–Trinajstić information content (AvgIpc) is 3.14. The number of hydrogen-bond donors (Lipinski definition) is 2. The van der Waals surface area contributed by atoms with E-state index in [1.165, 1.54) is 29.5 Å². The van der Waals surface area contributed by atoms with Crippen molar-refractivity contribution in [2.24, 2.45) is 5.14 Å². The second-order valence-corrected chi connectivity index (χ2v) is 8.35. The van der Waals surface area contributed by atoms with Gasteiger partial charge in [-0.1, -0.05) is 43.0 Å². The van der Waals surface area contributed by atoms with Crippen LogP contribution in [-0.2, 0) is 16.4 Å². The van der Waals surface area contributed by atoms with E-state index in [0.29, 0.717) is 23.3 Å². The Kier molecular flexibility index (Phi) is 6.15. The van der Waals surface area contributed by atoms with Gasteiger partial charge in [0.05, 0.1) is 11.5 Å². The Balaban J connectivity index is 1.49. The molecule has 0 spiro atoms. The van der Waals surface area contributed by atoms with Gasteiger partial charge in [0.15, 0.2) is 5.82 Å². The molecule has 0 unspecified atom stereocenters. The van der Waals surface area contributed by atoms with Crippen molar-refractivity contribution in [2.75, 3.05) is 12.4 Å². The van der Waals surface area contributed by atoms with Gasteiger partial charge in [-0.3, -0.25) is 5.10 Å². The van der Waals surface area contributed by atoms with Crippen molar-refractivity contribution in [3.63, 3.8) is 0 Å². The monoisotopic (exact) mass is 404 g/mol. The number of aromatic amines is 1. The average molecular weight is 405 g/mol. The number of aryl methyl sites for hydroxylation is 1. The zero-order chi connectivity index (χ0) is 19.3. The molecule has 3 rings (SSSR count). The molecule has 1 heterocycles. The Bertz CT molecular complexity index is 984. The number of nitrogens with two attached hydrogens (primary N) is 1. The van der Waals surface area contributed by atoms with Crippen LogP contribution in [0.4, 0.5) is 0 Å². The molecule has 0 amide bonds. The van der Waals surface area contributed by atoms with Crippen molar-refractivity contribution < 1.29 is 13.2 Å². The number of nitrogens with one attached hydrogen (secondary N) is 1. The Labute approximate surface area is 162 Å². The van der Waals surface area contributed by atoms with Crippen LogP contribution in [0.25, 0.3) is 11.4 Å². The number of thioether (sulfide) groups is 1. The lowest BCUT2D eigenvalue weighted by Gasteiger charge is -2.05. The number of ether oxygens (including phenoxy) is 1. The molecule has 2 aromatic carbocycles. The summed E-state index contributed by atoms with van der Waals surface area (Å²) in [6, 6.07) is 14.2. The molecule has 0 saturated carbocycles. The number of sulfonamides is 1. The van der Waals surface area contributed by atoms with Gasteiger partial charge in [-0.05, 0) is 36.2 Å². The SMILES string of the molecule is CCc1ccc(-c2nc(SCCOc3ccc(S(N)(=O)=O)cc3)n[nH]2)cc1. The normalized spacial score (nSPS) is 11.5. The fourth-order valence-electron chi connectivity index (χ4n) is 2.36. The number of H-pyrrole nitrogens is 1. The highest BCUT2D eigenvalue weighted by molar-refractivity contribution is 7.99. The quantitative estimate of drug-likeness (QED) is 0.441. The van der Waals surface area contributed by atoms with Crippen LogP contribution in [-0.4, -0.2) is 36.0 Å². The number of hydrogen-bond acceptors (Lipinski definition) is 6. The molecule has 0 saturated heterocycles. The van der Waals surface area contributed by atoms with E-state index in [2.05, 4.69) is 34.2 Å². The fraction of sp³-hybridized carbons (Fsp3) is 0.222. The van der Waals surface area contributed by atoms with Gasteiger partial charge in [-0.25, -0.2) is 18.5 Å². The predicted molar refractivity (Wildman–Crippen MR) is 105 cm³/mol. The van der Waals surface area contributed by atoms with Gasteiger partial charge >= 0.3 is 0 Å². The van der Waals surface area contributed by atoms with Crippen LogP contribution in [0.5, 0.6) is 5.75 Å². The maximum atomic E-state index is 11.2. The lowest BCUT2D eigenvalue weighted by Crippen LogP contribution is -2.11. The number of rotatable bonds is 8. The number of benzene rings is 2. The molecular weight excluding hydrogens is 384 g/mol. The van der Waals surface area contributed by atoms with Gasteiger partial charge < -0.3 is 4.74 Å². The van der Waals surface area contributed by atoms with E-state index in [1.807, 2.05) is 12.1 Å². The van der Waals surface area contributed by atoms with Crippen LogP contribution in [0.3, 0.4) is 0 Å². The van der Waals surface area contributed by atoms with E-state index in [1.54, 1.807) is 12.1 Å². The first kappa shape index (κ1) is 19.4. The Morgan fingerprint density at radius 1 is 1.11 bits per heavy atom. The van der Waals surface area contributed by atoms with Crippen LogP contribution < -0.4 is 9.88 Å². The molecule has 0 radical (unpaired) electrons. The maximum Gasteiger partial charge on any atom is 0.238 e. The molecule has 3 N–H and O–H groups in total. The third-order valence-corrected chi connectivity index (χ3v) is 5.58. The highest BCUT2D eigenvalue weighted by atomic mass is 32.2. The van der Waals surface area contributed by atoms with Gasteiger partial charge in [-0.15, -0.1) is 5.10 Å². The van der Waals surface area contributed by atoms with Gasteiger partial charge in [0.2, 0.25) is 15.2 Å². The first-order valence-electron chi connectivity index (χ1n) is 8.36. The highest BCUT2D eigenvalue weighted by Crippen LogP contribution is 2.20. The summed E-state index contributed by atoms with van der Waals surface area (Å²) in [5.41, 5.74) is 2.28. The summed E-state index contributed by atoms with van der Waals surface area (Å²) in [5.74, 6) is 1.97. The highest BCUT2D eigenvalue weighted by Gasteiger charge is 2.08. The second kappa shape index (κ2) is 8.55. The minimum Gasteiger partial charge on any atom is -0.493 e. The van der Waals surface area contributed by atoms with Crippen molar-refractivity contribution in [1.29, 1.82) is 0 Å². The van der Waals surface area contributed by atoms with Crippen molar-refractivity contribution in [3.05, 3.63) is 54.1 Å². The molecule has 0 aliphatic rings. The topological polar surface area (TPSA) is 111 Å². The van der Waals surface area contributed by atoms with Crippen LogP contribution in [0.15, 0.2) is 58.6 Å². The molecule has 3 aromatic rings. The first-order chi connectivity index (χ1) is 13.0. The summed E-state index contributed by atoms with van der Waals surface area (Å²) in [6.07, 6.45) is 1.00. The maximum absolute atomic E-state index is 11.2. The van der Waals surface area contributed by atoms with Crippen LogP contribution in [0.1, 0.15) is 12.5 Å². The van der Waals surface area contributed by atoms with Gasteiger partial charge in [0.1, 0.15) is 5.75 Å². The Morgan fingerprint density at radius 3 is 2.44 bits per heavy atom. The number of aromatic nitrogens is 3. The van der Waals surface area contributed by atoms with E-state index >= 15 is 0 Å². The Hall–Kier alpha value is -2.36. The van der Waals surface area contributed by atoms with E-state index in [0.717, 1.165) is 17.8 Å². The molecule has 1 aromatic heterocycles. The summed E-state index contributed by atoms with van der Waals surface area (Å²) < 4.78 is 28.0. The van der Waals surface area contributed by atoms with Gasteiger partial charge in [0.25, 0.3) is 0 Å². The zero-order valence-electron chi connectivity index (χ0n) is 14.8. The van der Waals surface area contributed by atoms with Crippen molar-refractivity contribution in [3.8, 4) is 17.1 Å². The lowest BCUT2D eigenvalue weighted by molar-refractivity contribution is 0.343. The van der Waals surface area contributed by atoms with Crippen molar-refractivity contribution in [1.82, 2.24) is 15.2 Å². The zero-order valence-corrected chi connectivity index (χ0v) is 16.4. The third-order valence-electron chi connectivity index (χ3n) is 3.84. The molecule has 27 heavy (non-hydrogen) atoms. The van der Waals surface area contributed by atoms with E-state index in [-0.39, 0.29) is 4.90 Å². The van der Waals surface area contributed by atoms with Gasteiger partial charge in [-0.2, -0.15) is 0 Å². The molecule has 0 atom stereocenters. The number of primary sulfonamides is 1. The van der Waals surface area contributed by atoms with Crippen molar-refractivity contribution in [2.45, 2.75) is 23.4 Å². The summed E-state index contributed by atoms with van der Waals surface area (Å²) >= 11 is 1.48. The standard InChI is InChI=1S/C18H20N4O3S2/c1-2-13-3-5-14(6-4-13)17-20-18(22-21-17)26-12-11-25-15-7-9-16(10-8-15)27(19,23)24/h3-10H,2,11-12H2,1H3,(H2,19,23,24)(H,20,21,22). The van der Waals surface area contributed by atoms with Crippen LogP contribution >= 0.6 is 11.8 Å². The summed E-state index contributed by atoms with van der Waals surface area (Å²) in [7, 11) is -3.69. The first-order valence-corrected chi connectivity index (χ1v) is 10.9. The van der Waals surface area contributed by atoms with E-state index in [4.69, 9.17) is 9.88 Å². The molecule has 0 bridgehead atoms. The minimum absolute atomic E-state index is 0.0597. The minimum atomic E-state index is -3.69. The molecule has 0 aliphatic carbocycles. The summed E-state index contributed by atoms with van der Waals surface area (Å²) in [5, 5.41) is 12.9. The fourth-order valence-corrected chi connectivity index (χ4v) is 3.49. The number of nitrogens with zero attached hydrogens (tertiary/aromatic N) is 2. The Morgan fingerprint density at radius 2 is 1.81 bits per heavy atom.